The van der Waals surface area contributed by atoms with E-state index in [0.29, 0.717) is 12.5 Å². The van der Waals surface area contributed by atoms with Crippen LogP contribution in [-0.2, 0) is 4.74 Å². The van der Waals surface area contributed by atoms with Gasteiger partial charge in [0.05, 0.1) is 12.2 Å². The maximum Gasteiger partial charge on any atom is 0.221 e. The molecule has 0 aliphatic carbocycles. The van der Waals surface area contributed by atoms with Gasteiger partial charge in [0.15, 0.2) is 0 Å². The Hall–Kier alpha value is -1.36. The van der Waals surface area contributed by atoms with Crippen molar-refractivity contribution in [3.8, 4) is 5.88 Å². The van der Waals surface area contributed by atoms with Crippen molar-refractivity contribution in [3.05, 3.63) is 11.9 Å². The van der Waals surface area contributed by atoms with Crippen LogP contribution in [0.15, 0.2) is 6.33 Å². The Balaban J connectivity index is 2.44. The molecule has 1 aromatic heterocycles. The monoisotopic (exact) mass is 239 g/mol. The van der Waals surface area contributed by atoms with Gasteiger partial charge >= 0.3 is 0 Å². The molecule has 1 heterocycles. The third-order valence-corrected chi connectivity index (χ3v) is 2.28. The average molecular weight is 239 g/mol. The lowest BCUT2D eigenvalue weighted by Crippen LogP contribution is -2.09. The highest BCUT2D eigenvalue weighted by Crippen LogP contribution is 2.19. The second-order valence-electron chi connectivity index (χ2n) is 3.56. The van der Waals surface area contributed by atoms with E-state index >= 15 is 0 Å². The highest BCUT2D eigenvalue weighted by atomic mass is 16.5. The lowest BCUT2D eigenvalue weighted by molar-refractivity contribution is 0.147. The zero-order chi connectivity index (χ0) is 12.5. The largest absolute Gasteiger partial charge is 0.478 e. The topological polar surface area (TPSA) is 56.3 Å². The maximum absolute atomic E-state index is 5.41. The van der Waals surface area contributed by atoms with Crippen LogP contribution in [0.1, 0.15) is 25.8 Å². The number of aromatic nitrogens is 2. The van der Waals surface area contributed by atoms with Crippen LogP contribution in [0.4, 0.5) is 5.82 Å². The Labute approximate surface area is 103 Å². The first kappa shape index (κ1) is 13.7. The molecule has 5 heteroatoms. The van der Waals surface area contributed by atoms with Gasteiger partial charge in [-0.15, -0.1) is 0 Å². The van der Waals surface area contributed by atoms with Gasteiger partial charge in [0, 0.05) is 19.8 Å². The molecular weight excluding hydrogens is 218 g/mol. The number of nitrogens with one attached hydrogen (secondary N) is 1. The van der Waals surface area contributed by atoms with Gasteiger partial charge in [-0.05, 0) is 27.2 Å². The average Bonchev–Trinajstić information content (AvgIpc) is 2.33. The number of hydrogen-bond donors (Lipinski definition) is 1. The summed E-state index contributed by atoms with van der Waals surface area (Å²) < 4.78 is 10.7. The minimum absolute atomic E-state index is 0.613. The number of anilines is 1. The Bertz CT molecular complexity index is 332. The molecule has 1 aromatic rings. The third-order valence-electron chi connectivity index (χ3n) is 2.28. The molecule has 5 nitrogen and oxygen atoms in total. The van der Waals surface area contributed by atoms with E-state index in [1.54, 1.807) is 0 Å². The molecule has 17 heavy (non-hydrogen) atoms. The molecular formula is C12H21N3O2. The van der Waals surface area contributed by atoms with Gasteiger partial charge in [0.25, 0.3) is 0 Å². The highest BCUT2D eigenvalue weighted by Gasteiger charge is 2.06. The minimum atomic E-state index is 0.613. The van der Waals surface area contributed by atoms with Gasteiger partial charge in [0.1, 0.15) is 12.1 Å². The van der Waals surface area contributed by atoms with Crippen LogP contribution in [0.3, 0.4) is 0 Å². The van der Waals surface area contributed by atoms with Crippen molar-refractivity contribution in [2.75, 3.05) is 31.7 Å². The lowest BCUT2D eigenvalue weighted by Gasteiger charge is -2.11. The molecule has 0 aliphatic heterocycles. The first-order valence-electron chi connectivity index (χ1n) is 6.05. The predicted molar refractivity (Wildman–Crippen MR) is 67.5 cm³/mol. The Morgan fingerprint density at radius 2 is 2.06 bits per heavy atom. The fraction of sp³-hybridized carbons (Fsp3) is 0.667. The molecule has 0 bridgehead atoms. The number of ether oxygens (including phenoxy) is 2. The normalized spacial score (nSPS) is 10.3. The van der Waals surface area contributed by atoms with Crippen LogP contribution in [-0.4, -0.2) is 36.3 Å². The Morgan fingerprint density at radius 1 is 1.24 bits per heavy atom. The molecule has 0 aliphatic rings. The van der Waals surface area contributed by atoms with Crippen molar-refractivity contribution in [3.63, 3.8) is 0 Å². The van der Waals surface area contributed by atoms with Crippen LogP contribution in [0.5, 0.6) is 5.88 Å². The summed E-state index contributed by atoms with van der Waals surface area (Å²) >= 11 is 0. The first-order valence-corrected chi connectivity index (χ1v) is 6.05. The van der Waals surface area contributed by atoms with E-state index in [1.807, 2.05) is 20.8 Å². The van der Waals surface area contributed by atoms with Gasteiger partial charge in [-0.3, -0.25) is 0 Å². The van der Waals surface area contributed by atoms with E-state index in [1.165, 1.54) is 6.33 Å². The van der Waals surface area contributed by atoms with E-state index in [9.17, 15) is 0 Å². The molecule has 0 spiro atoms. The van der Waals surface area contributed by atoms with E-state index < -0.39 is 0 Å². The van der Waals surface area contributed by atoms with Crippen molar-refractivity contribution < 1.29 is 9.47 Å². The van der Waals surface area contributed by atoms with E-state index in [-0.39, 0.29) is 0 Å². The zero-order valence-corrected chi connectivity index (χ0v) is 10.8. The Morgan fingerprint density at radius 3 is 2.76 bits per heavy atom. The first-order chi connectivity index (χ1) is 8.29. The van der Waals surface area contributed by atoms with Crippen LogP contribution >= 0.6 is 0 Å². The second-order valence-corrected chi connectivity index (χ2v) is 3.56. The fourth-order valence-corrected chi connectivity index (χ4v) is 1.42. The van der Waals surface area contributed by atoms with E-state index in [2.05, 4.69) is 15.3 Å². The van der Waals surface area contributed by atoms with Gasteiger partial charge < -0.3 is 14.8 Å². The van der Waals surface area contributed by atoms with Crippen molar-refractivity contribution in [1.82, 2.24) is 9.97 Å². The highest BCUT2D eigenvalue weighted by molar-refractivity contribution is 5.47. The molecule has 0 saturated heterocycles. The van der Waals surface area contributed by atoms with Crippen molar-refractivity contribution in [1.29, 1.82) is 0 Å². The molecule has 0 unspecified atom stereocenters. The van der Waals surface area contributed by atoms with Gasteiger partial charge in [-0.1, -0.05) is 0 Å². The van der Waals surface area contributed by atoms with Crippen LogP contribution < -0.4 is 10.1 Å². The van der Waals surface area contributed by atoms with E-state index in [0.717, 1.165) is 37.6 Å². The number of nitrogens with zero attached hydrogens (tertiary/aromatic N) is 2. The van der Waals surface area contributed by atoms with Gasteiger partial charge in [-0.2, -0.15) is 0 Å². The van der Waals surface area contributed by atoms with Crippen LogP contribution in [0, 0.1) is 6.92 Å². The summed E-state index contributed by atoms with van der Waals surface area (Å²) in [6.45, 7) is 8.88. The zero-order valence-electron chi connectivity index (χ0n) is 10.8. The smallest absolute Gasteiger partial charge is 0.221 e. The van der Waals surface area contributed by atoms with Crippen molar-refractivity contribution in [2.45, 2.75) is 27.2 Å². The molecule has 0 atom stereocenters. The quantitative estimate of drug-likeness (QED) is 0.703. The lowest BCUT2D eigenvalue weighted by atomic mass is 10.3. The molecule has 1 rings (SSSR count). The van der Waals surface area contributed by atoms with Gasteiger partial charge in [0.2, 0.25) is 5.88 Å². The minimum Gasteiger partial charge on any atom is -0.478 e. The molecule has 0 fully saturated rings. The molecule has 0 radical (unpaired) electrons. The summed E-state index contributed by atoms with van der Waals surface area (Å²) in [6, 6.07) is 0. The summed E-state index contributed by atoms with van der Waals surface area (Å²) in [7, 11) is 0. The van der Waals surface area contributed by atoms with Crippen LogP contribution in [0.25, 0.3) is 0 Å². The molecule has 0 saturated carbocycles. The number of rotatable bonds is 8. The van der Waals surface area contributed by atoms with E-state index in [4.69, 9.17) is 9.47 Å². The SMILES string of the molecule is CCOCCCNc1ncnc(OCC)c1C. The summed E-state index contributed by atoms with van der Waals surface area (Å²) in [5, 5.41) is 3.26. The summed E-state index contributed by atoms with van der Waals surface area (Å²) in [6.07, 6.45) is 2.48. The molecule has 0 aromatic carbocycles. The molecule has 0 amide bonds. The number of hydrogen-bond acceptors (Lipinski definition) is 5. The third kappa shape index (κ3) is 4.56. The van der Waals surface area contributed by atoms with Crippen molar-refractivity contribution in [2.24, 2.45) is 0 Å². The Kier molecular flexibility index (Phi) is 6.32. The summed E-state index contributed by atoms with van der Waals surface area (Å²) in [5.41, 5.74) is 0.950. The molecule has 1 N–H and O–H groups in total. The summed E-state index contributed by atoms with van der Waals surface area (Å²) in [4.78, 5) is 8.28. The standard InChI is InChI=1S/C12H21N3O2/c1-4-16-8-6-7-13-11-10(3)12(17-5-2)15-9-14-11/h9H,4-8H2,1-3H3,(H,13,14,15). The van der Waals surface area contributed by atoms with Gasteiger partial charge in [-0.25, -0.2) is 9.97 Å². The fourth-order valence-electron chi connectivity index (χ4n) is 1.42. The van der Waals surface area contributed by atoms with Crippen LogP contribution in [0.2, 0.25) is 0 Å². The predicted octanol–water partition coefficient (Wildman–Crippen LogP) is 2.02. The maximum atomic E-state index is 5.41. The molecule has 96 valence electrons. The summed E-state index contributed by atoms with van der Waals surface area (Å²) in [5.74, 6) is 1.48. The van der Waals surface area contributed by atoms with Crippen molar-refractivity contribution >= 4 is 5.82 Å². The second kappa shape index (κ2) is 7.84.